The van der Waals surface area contributed by atoms with Crippen molar-refractivity contribution in [3.05, 3.63) is 11.1 Å². The van der Waals surface area contributed by atoms with Crippen LogP contribution in [0.4, 0.5) is 5.13 Å². The number of nitrogens with one attached hydrogen (secondary N) is 1. The number of hydrogen-bond acceptors (Lipinski definition) is 6. The maximum atomic E-state index is 11.3. The van der Waals surface area contributed by atoms with E-state index in [4.69, 9.17) is 9.47 Å². The fraction of sp³-hybridized carbons (Fsp3) is 0.444. The Bertz CT molecular complexity index is 353. The quantitative estimate of drug-likeness (QED) is 0.560. The van der Waals surface area contributed by atoms with E-state index in [-0.39, 0.29) is 12.5 Å². The summed E-state index contributed by atoms with van der Waals surface area (Å²) in [6, 6.07) is 0. The number of aromatic nitrogens is 1. The smallest absolute Gasteiger partial charge is 0.252 e. The molecule has 7 heteroatoms. The van der Waals surface area contributed by atoms with Crippen LogP contribution < -0.4 is 5.32 Å². The van der Waals surface area contributed by atoms with Gasteiger partial charge in [-0.05, 0) is 0 Å². The van der Waals surface area contributed by atoms with Gasteiger partial charge in [0.25, 0.3) is 5.91 Å². The Kier molecular flexibility index (Phi) is 5.62. The van der Waals surface area contributed by atoms with E-state index in [1.807, 2.05) is 0 Å². The highest BCUT2D eigenvalue weighted by molar-refractivity contribution is 7.17. The number of rotatable bonds is 7. The van der Waals surface area contributed by atoms with Gasteiger partial charge >= 0.3 is 0 Å². The Hall–Kier alpha value is -1.31. The summed E-state index contributed by atoms with van der Waals surface area (Å²) in [6.07, 6.45) is 2.08. The largest absolute Gasteiger partial charge is 0.382 e. The number of aldehydes is 1. The molecule has 1 heterocycles. The van der Waals surface area contributed by atoms with E-state index in [1.54, 1.807) is 7.11 Å². The second-order valence-electron chi connectivity index (χ2n) is 2.78. The van der Waals surface area contributed by atoms with Gasteiger partial charge in [0.15, 0.2) is 11.4 Å². The van der Waals surface area contributed by atoms with Gasteiger partial charge in [-0.15, -0.1) is 0 Å². The van der Waals surface area contributed by atoms with Crippen LogP contribution in [-0.2, 0) is 14.3 Å². The molecule has 0 saturated heterocycles. The number of methoxy groups -OCH3 is 1. The lowest BCUT2D eigenvalue weighted by Gasteiger charge is -2.02. The van der Waals surface area contributed by atoms with Gasteiger partial charge in [0.2, 0.25) is 0 Å². The van der Waals surface area contributed by atoms with Crippen LogP contribution in [0, 0.1) is 0 Å². The number of carbonyl (C=O) groups is 2. The molecule has 1 amide bonds. The highest BCUT2D eigenvalue weighted by Gasteiger charge is 2.06. The molecule has 0 spiro atoms. The van der Waals surface area contributed by atoms with Crippen LogP contribution in [0.3, 0.4) is 0 Å². The van der Waals surface area contributed by atoms with Gasteiger partial charge in [-0.2, -0.15) is 0 Å². The molecular weight excluding hydrogens is 232 g/mol. The summed E-state index contributed by atoms with van der Waals surface area (Å²) < 4.78 is 9.77. The third-order valence-electron chi connectivity index (χ3n) is 1.55. The lowest BCUT2D eigenvalue weighted by molar-refractivity contribution is -0.121. The molecule has 0 radical (unpaired) electrons. The molecule has 0 aromatic carbocycles. The second kappa shape index (κ2) is 7.04. The Labute approximate surface area is 96.6 Å². The second-order valence-corrected chi connectivity index (χ2v) is 3.84. The molecular formula is C9H12N2O4S. The molecule has 0 unspecified atom stereocenters. The summed E-state index contributed by atoms with van der Waals surface area (Å²) >= 11 is 1.11. The van der Waals surface area contributed by atoms with E-state index >= 15 is 0 Å². The minimum absolute atomic E-state index is 0.0562. The molecule has 0 fully saturated rings. The van der Waals surface area contributed by atoms with Crippen molar-refractivity contribution in [1.82, 2.24) is 4.98 Å². The van der Waals surface area contributed by atoms with Crippen molar-refractivity contribution in [2.24, 2.45) is 0 Å². The van der Waals surface area contributed by atoms with Crippen molar-refractivity contribution < 1.29 is 19.1 Å². The normalized spacial score (nSPS) is 10.1. The van der Waals surface area contributed by atoms with Crippen LogP contribution in [0.25, 0.3) is 0 Å². The molecule has 1 aromatic heterocycles. The number of anilines is 1. The molecule has 0 aliphatic carbocycles. The summed E-state index contributed by atoms with van der Waals surface area (Å²) in [4.78, 5) is 26.0. The van der Waals surface area contributed by atoms with Crippen LogP contribution in [0.1, 0.15) is 9.67 Å². The predicted octanol–water partition coefficient (Wildman–Crippen LogP) is 0.557. The Balaban J connectivity index is 2.25. The molecule has 88 valence electrons. The van der Waals surface area contributed by atoms with E-state index in [1.165, 1.54) is 6.20 Å². The zero-order chi connectivity index (χ0) is 11.8. The van der Waals surface area contributed by atoms with Gasteiger partial charge in [0.1, 0.15) is 6.61 Å². The fourth-order valence-electron chi connectivity index (χ4n) is 0.861. The van der Waals surface area contributed by atoms with Crippen LogP contribution >= 0.6 is 11.3 Å². The lowest BCUT2D eigenvalue weighted by atomic mass is 10.6. The third-order valence-corrected chi connectivity index (χ3v) is 2.39. The highest BCUT2D eigenvalue weighted by atomic mass is 32.1. The first kappa shape index (κ1) is 12.8. The number of carbonyl (C=O) groups excluding carboxylic acids is 2. The Morgan fingerprint density at radius 1 is 1.62 bits per heavy atom. The summed E-state index contributed by atoms with van der Waals surface area (Å²) in [7, 11) is 1.56. The molecule has 0 atom stereocenters. The maximum absolute atomic E-state index is 11.3. The molecule has 0 saturated carbocycles. The van der Waals surface area contributed by atoms with Crippen molar-refractivity contribution in [3.8, 4) is 0 Å². The van der Waals surface area contributed by atoms with Gasteiger partial charge in [-0.1, -0.05) is 11.3 Å². The number of nitrogens with zero attached hydrogens (tertiary/aromatic N) is 1. The SMILES string of the molecule is COCCOCC(=O)Nc1ncc(C=O)s1. The summed E-state index contributed by atoms with van der Waals surface area (Å²) in [5.74, 6) is -0.303. The molecule has 1 aromatic rings. The molecule has 16 heavy (non-hydrogen) atoms. The number of ether oxygens (including phenoxy) is 2. The zero-order valence-corrected chi connectivity index (χ0v) is 9.58. The topological polar surface area (TPSA) is 77.5 Å². The first-order valence-electron chi connectivity index (χ1n) is 4.54. The van der Waals surface area contributed by atoms with E-state index in [0.717, 1.165) is 11.3 Å². The Morgan fingerprint density at radius 3 is 3.06 bits per heavy atom. The van der Waals surface area contributed by atoms with Crippen LogP contribution in [-0.4, -0.2) is 44.1 Å². The fourth-order valence-corrected chi connectivity index (χ4v) is 1.51. The highest BCUT2D eigenvalue weighted by Crippen LogP contribution is 2.15. The molecule has 0 aliphatic heterocycles. The minimum atomic E-state index is -0.303. The van der Waals surface area contributed by atoms with Gasteiger partial charge in [0, 0.05) is 7.11 Å². The molecule has 0 aliphatic rings. The van der Waals surface area contributed by atoms with E-state index in [0.29, 0.717) is 29.5 Å². The maximum Gasteiger partial charge on any atom is 0.252 e. The molecule has 6 nitrogen and oxygen atoms in total. The predicted molar refractivity (Wildman–Crippen MR) is 58.8 cm³/mol. The average Bonchev–Trinajstić information content (AvgIpc) is 2.72. The molecule has 1 rings (SSSR count). The van der Waals surface area contributed by atoms with Crippen molar-refractivity contribution in [2.75, 3.05) is 32.2 Å². The first-order valence-corrected chi connectivity index (χ1v) is 5.35. The number of amides is 1. The van der Waals surface area contributed by atoms with Crippen LogP contribution in [0.5, 0.6) is 0 Å². The monoisotopic (exact) mass is 244 g/mol. The van der Waals surface area contributed by atoms with Gasteiger partial charge in [-0.3, -0.25) is 14.9 Å². The van der Waals surface area contributed by atoms with E-state index in [2.05, 4.69) is 10.3 Å². The summed E-state index contributed by atoms with van der Waals surface area (Å²) in [5.41, 5.74) is 0. The van der Waals surface area contributed by atoms with Gasteiger partial charge < -0.3 is 9.47 Å². The number of thiazole rings is 1. The first-order chi connectivity index (χ1) is 7.76. The average molecular weight is 244 g/mol. The zero-order valence-electron chi connectivity index (χ0n) is 8.76. The van der Waals surface area contributed by atoms with Crippen molar-refractivity contribution in [1.29, 1.82) is 0 Å². The standard InChI is InChI=1S/C9H12N2O4S/c1-14-2-3-15-6-8(13)11-9-10-4-7(5-12)16-9/h4-5H,2-3,6H2,1H3,(H,10,11,13). The van der Waals surface area contributed by atoms with Crippen molar-refractivity contribution in [3.63, 3.8) is 0 Å². The number of hydrogen-bond donors (Lipinski definition) is 1. The summed E-state index contributed by atoms with van der Waals surface area (Å²) in [5, 5.41) is 2.91. The van der Waals surface area contributed by atoms with Crippen molar-refractivity contribution >= 4 is 28.7 Å². The molecule has 1 N–H and O–H groups in total. The van der Waals surface area contributed by atoms with Crippen LogP contribution in [0.15, 0.2) is 6.20 Å². The van der Waals surface area contributed by atoms with Crippen LogP contribution in [0.2, 0.25) is 0 Å². The lowest BCUT2D eigenvalue weighted by Crippen LogP contribution is -2.19. The Morgan fingerprint density at radius 2 is 2.44 bits per heavy atom. The van der Waals surface area contributed by atoms with Gasteiger partial charge in [0.05, 0.1) is 24.3 Å². The summed E-state index contributed by atoms with van der Waals surface area (Å²) in [6.45, 7) is 0.751. The van der Waals surface area contributed by atoms with Gasteiger partial charge in [-0.25, -0.2) is 4.98 Å². The molecule has 0 bridgehead atoms. The van der Waals surface area contributed by atoms with Crippen molar-refractivity contribution in [2.45, 2.75) is 0 Å². The minimum Gasteiger partial charge on any atom is -0.382 e. The van der Waals surface area contributed by atoms with E-state index in [9.17, 15) is 9.59 Å². The van der Waals surface area contributed by atoms with E-state index < -0.39 is 0 Å². The third kappa shape index (κ3) is 4.47.